The average Bonchev–Trinajstić information content (AvgIpc) is 2.57. The number of carbonyl (C=O) groups excluding carboxylic acids is 1. The van der Waals surface area contributed by atoms with Gasteiger partial charge in [-0.15, -0.1) is 0 Å². The number of nitrogens with one attached hydrogen (secondary N) is 1. The van der Waals surface area contributed by atoms with E-state index in [1.54, 1.807) is 6.08 Å². The number of aliphatic hydroxyl groups is 1. The number of benzene rings is 1. The van der Waals surface area contributed by atoms with Crippen LogP contribution < -0.4 is 5.32 Å². The Morgan fingerprint density at radius 2 is 1.88 bits per heavy atom. The van der Waals surface area contributed by atoms with E-state index in [0.29, 0.717) is 13.2 Å². The molecule has 2 aromatic rings. The molecule has 0 aliphatic heterocycles. The van der Waals surface area contributed by atoms with E-state index in [1.807, 2.05) is 32.0 Å². The molecule has 1 aromatic carbocycles. The van der Waals surface area contributed by atoms with Gasteiger partial charge >= 0.3 is 6.18 Å². The molecule has 7 heteroatoms. The number of pyridine rings is 1. The van der Waals surface area contributed by atoms with Crippen molar-refractivity contribution in [2.24, 2.45) is 0 Å². The Labute approximate surface area is 149 Å². The first-order valence-electron chi connectivity index (χ1n) is 7.82. The fourth-order valence-corrected chi connectivity index (χ4v) is 2.26. The van der Waals surface area contributed by atoms with Crippen LogP contribution in [0.15, 0.2) is 42.2 Å². The van der Waals surface area contributed by atoms with Crippen molar-refractivity contribution in [3.8, 4) is 0 Å². The van der Waals surface area contributed by atoms with Crippen LogP contribution in [0.25, 0.3) is 6.08 Å². The Hall–Kier alpha value is -2.67. The summed E-state index contributed by atoms with van der Waals surface area (Å²) >= 11 is 0. The van der Waals surface area contributed by atoms with Crippen molar-refractivity contribution in [3.05, 3.63) is 64.5 Å². The van der Waals surface area contributed by atoms with Gasteiger partial charge in [-0.2, -0.15) is 13.2 Å². The second kappa shape index (κ2) is 7.29. The Kier molecular flexibility index (Phi) is 5.51. The van der Waals surface area contributed by atoms with Crippen molar-refractivity contribution >= 4 is 18.2 Å². The lowest BCUT2D eigenvalue weighted by Gasteiger charge is -2.26. The molecule has 0 fully saturated rings. The van der Waals surface area contributed by atoms with Gasteiger partial charge in [0.1, 0.15) is 5.82 Å². The minimum absolute atomic E-state index is 0.190. The lowest BCUT2D eigenvalue weighted by Crippen LogP contribution is -2.39. The molecule has 0 saturated carbocycles. The summed E-state index contributed by atoms with van der Waals surface area (Å²) in [4.78, 5) is 15.2. The maximum absolute atomic E-state index is 12.8. The van der Waals surface area contributed by atoms with Crippen LogP contribution in [-0.4, -0.2) is 22.6 Å². The predicted octanol–water partition coefficient (Wildman–Crippen LogP) is 4.12. The molecule has 1 heterocycles. The SMILES string of the molecule is Cc1cccc(/C=C(\C=O)Nc2ccc(C(C)(O)C(F)(F)F)cn2)c1C. The van der Waals surface area contributed by atoms with Crippen molar-refractivity contribution in [1.29, 1.82) is 0 Å². The van der Waals surface area contributed by atoms with Gasteiger partial charge in [0.25, 0.3) is 0 Å². The third-order valence-electron chi connectivity index (χ3n) is 4.23. The van der Waals surface area contributed by atoms with E-state index in [2.05, 4.69) is 10.3 Å². The quantitative estimate of drug-likeness (QED) is 0.619. The van der Waals surface area contributed by atoms with Gasteiger partial charge in [0, 0.05) is 11.8 Å². The van der Waals surface area contributed by atoms with Gasteiger partial charge in [0.05, 0.1) is 5.70 Å². The van der Waals surface area contributed by atoms with Crippen LogP contribution in [0.3, 0.4) is 0 Å². The molecule has 0 radical (unpaired) electrons. The number of rotatable bonds is 5. The van der Waals surface area contributed by atoms with Gasteiger partial charge in [0.2, 0.25) is 0 Å². The monoisotopic (exact) mass is 364 g/mol. The number of alkyl halides is 3. The first-order valence-corrected chi connectivity index (χ1v) is 7.82. The maximum Gasteiger partial charge on any atom is 0.421 e. The first-order chi connectivity index (χ1) is 12.1. The number of anilines is 1. The van der Waals surface area contributed by atoms with Gasteiger partial charge in [-0.05, 0) is 49.6 Å². The normalized spacial score (nSPS) is 14.7. The van der Waals surface area contributed by atoms with Crippen LogP contribution in [0.1, 0.15) is 29.2 Å². The summed E-state index contributed by atoms with van der Waals surface area (Å²) in [7, 11) is 0. The molecule has 138 valence electrons. The summed E-state index contributed by atoms with van der Waals surface area (Å²) in [6, 6.07) is 8.06. The summed E-state index contributed by atoms with van der Waals surface area (Å²) in [5.41, 5.74) is -0.251. The highest BCUT2D eigenvalue weighted by Gasteiger charge is 2.51. The zero-order valence-electron chi connectivity index (χ0n) is 14.6. The molecule has 2 rings (SSSR count). The molecule has 0 saturated heterocycles. The van der Waals surface area contributed by atoms with Crippen molar-refractivity contribution in [2.75, 3.05) is 5.32 Å². The van der Waals surface area contributed by atoms with Crippen molar-refractivity contribution < 1.29 is 23.1 Å². The van der Waals surface area contributed by atoms with Crippen molar-refractivity contribution in [3.63, 3.8) is 0 Å². The molecule has 0 spiro atoms. The molecule has 0 aliphatic rings. The molecule has 0 aliphatic carbocycles. The highest BCUT2D eigenvalue weighted by molar-refractivity contribution is 5.86. The zero-order valence-corrected chi connectivity index (χ0v) is 14.6. The molecule has 2 N–H and O–H groups in total. The van der Waals surface area contributed by atoms with Gasteiger partial charge in [-0.3, -0.25) is 4.79 Å². The molecule has 1 aromatic heterocycles. The second-order valence-corrected chi connectivity index (χ2v) is 6.13. The topological polar surface area (TPSA) is 62.2 Å². The molecule has 26 heavy (non-hydrogen) atoms. The number of aromatic nitrogens is 1. The van der Waals surface area contributed by atoms with Crippen LogP contribution in [0.5, 0.6) is 0 Å². The minimum Gasteiger partial charge on any atom is -0.376 e. The number of carbonyl (C=O) groups is 1. The van der Waals surface area contributed by atoms with Crippen LogP contribution >= 0.6 is 0 Å². The smallest absolute Gasteiger partial charge is 0.376 e. The number of hydrogen-bond acceptors (Lipinski definition) is 4. The summed E-state index contributed by atoms with van der Waals surface area (Å²) in [6.07, 6.45) is -1.66. The van der Waals surface area contributed by atoms with Gasteiger partial charge in [-0.1, -0.05) is 24.3 Å². The molecule has 4 nitrogen and oxygen atoms in total. The minimum atomic E-state index is -4.82. The van der Waals surface area contributed by atoms with Gasteiger partial charge in [-0.25, -0.2) is 4.98 Å². The fourth-order valence-electron chi connectivity index (χ4n) is 2.26. The lowest BCUT2D eigenvalue weighted by atomic mass is 9.97. The largest absolute Gasteiger partial charge is 0.421 e. The predicted molar refractivity (Wildman–Crippen MR) is 93.4 cm³/mol. The van der Waals surface area contributed by atoms with Crippen molar-refractivity contribution in [2.45, 2.75) is 32.5 Å². The molecule has 1 unspecified atom stereocenters. The number of aryl methyl sites for hydroxylation is 1. The third-order valence-corrected chi connectivity index (χ3v) is 4.23. The Morgan fingerprint density at radius 3 is 2.42 bits per heavy atom. The Balaban J connectivity index is 2.25. The fraction of sp³-hybridized carbons (Fsp3) is 0.263. The standard InChI is InChI=1S/C19H19F3N2O2/c1-12-5-4-6-14(13(12)2)9-16(11-25)24-17-8-7-15(10-23-17)18(3,26)19(20,21)22/h4-11,26H,1-3H3,(H,23,24)/b16-9+. The van der Waals surface area contributed by atoms with Crippen LogP contribution in [0.2, 0.25) is 0 Å². The molecular formula is C19H19F3N2O2. The molecule has 0 amide bonds. The number of nitrogens with zero attached hydrogens (tertiary/aromatic N) is 1. The average molecular weight is 364 g/mol. The number of halogens is 3. The van der Waals surface area contributed by atoms with E-state index in [9.17, 15) is 23.1 Å². The Bertz CT molecular complexity index is 826. The van der Waals surface area contributed by atoms with E-state index < -0.39 is 11.8 Å². The summed E-state index contributed by atoms with van der Waals surface area (Å²) < 4.78 is 38.5. The van der Waals surface area contributed by atoms with Crippen LogP contribution in [0, 0.1) is 13.8 Å². The zero-order chi connectivity index (χ0) is 19.5. The maximum atomic E-state index is 12.8. The Morgan fingerprint density at radius 1 is 1.19 bits per heavy atom. The van der Waals surface area contributed by atoms with E-state index in [1.165, 1.54) is 6.07 Å². The number of allylic oxidation sites excluding steroid dienone is 1. The molecular weight excluding hydrogens is 345 g/mol. The first kappa shape index (κ1) is 19.7. The van der Waals surface area contributed by atoms with Crippen LogP contribution in [0.4, 0.5) is 19.0 Å². The highest BCUT2D eigenvalue weighted by Crippen LogP contribution is 2.38. The lowest BCUT2D eigenvalue weighted by molar-refractivity contribution is -0.259. The number of aldehydes is 1. The van der Waals surface area contributed by atoms with Gasteiger partial charge in [0.15, 0.2) is 11.9 Å². The van der Waals surface area contributed by atoms with E-state index in [0.717, 1.165) is 29.0 Å². The van der Waals surface area contributed by atoms with E-state index >= 15 is 0 Å². The molecule has 1 atom stereocenters. The van der Waals surface area contributed by atoms with Gasteiger partial charge < -0.3 is 10.4 Å². The number of hydrogen-bond donors (Lipinski definition) is 2. The highest BCUT2D eigenvalue weighted by atomic mass is 19.4. The van der Waals surface area contributed by atoms with Crippen molar-refractivity contribution in [1.82, 2.24) is 4.98 Å². The summed E-state index contributed by atoms with van der Waals surface area (Å²) in [5.74, 6) is 0.190. The summed E-state index contributed by atoms with van der Waals surface area (Å²) in [5, 5.41) is 12.4. The summed E-state index contributed by atoms with van der Waals surface area (Å²) in [6.45, 7) is 4.54. The van der Waals surface area contributed by atoms with E-state index in [4.69, 9.17) is 0 Å². The molecule has 0 bridgehead atoms. The third kappa shape index (κ3) is 4.11. The second-order valence-electron chi connectivity index (χ2n) is 6.13. The van der Waals surface area contributed by atoms with E-state index in [-0.39, 0.29) is 17.1 Å². The van der Waals surface area contributed by atoms with Crippen LogP contribution in [-0.2, 0) is 10.4 Å².